The Bertz CT molecular complexity index is 499. The van der Waals surface area contributed by atoms with Gasteiger partial charge in [-0.25, -0.2) is 4.98 Å². The number of nitrogens with two attached hydrogens (primary N) is 1. The lowest BCUT2D eigenvalue weighted by atomic mass is 10.1. The predicted octanol–water partition coefficient (Wildman–Crippen LogP) is 2.49. The summed E-state index contributed by atoms with van der Waals surface area (Å²) in [5.41, 5.74) is 8.59. The minimum Gasteiger partial charge on any atom is -0.399 e. The molecule has 84 valence electrons. The Morgan fingerprint density at radius 1 is 1.31 bits per heavy atom. The van der Waals surface area contributed by atoms with E-state index in [2.05, 4.69) is 29.0 Å². The van der Waals surface area contributed by atoms with Crippen LogP contribution in [-0.2, 0) is 0 Å². The van der Waals surface area contributed by atoms with E-state index in [1.807, 2.05) is 25.1 Å². The van der Waals surface area contributed by atoms with Gasteiger partial charge in [-0.3, -0.25) is 5.10 Å². The number of benzene rings is 1. The van der Waals surface area contributed by atoms with Gasteiger partial charge in [0.1, 0.15) is 5.82 Å². The fourth-order valence-electron chi connectivity index (χ4n) is 1.59. The number of aryl methyl sites for hydroxylation is 1. The maximum atomic E-state index is 5.71. The van der Waals surface area contributed by atoms with Crippen LogP contribution in [0.3, 0.4) is 0 Å². The Kier molecular flexibility index (Phi) is 2.64. The molecule has 0 atom stereocenters. The van der Waals surface area contributed by atoms with Gasteiger partial charge in [-0.2, -0.15) is 5.10 Å². The summed E-state index contributed by atoms with van der Waals surface area (Å²) in [5.74, 6) is 2.00. The molecular formula is C12H16N4. The number of nitrogen functional groups attached to an aromatic ring is 1. The zero-order valence-electron chi connectivity index (χ0n) is 9.78. The molecule has 1 heterocycles. The number of aromatic nitrogens is 3. The van der Waals surface area contributed by atoms with Crippen LogP contribution in [0.25, 0.3) is 11.4 Å². The van der Waals surface area contributed by atoms with Crippen molar-refractivity contribution in [2.75, 3.05) is 5.73 Å². The number of nitrogens with zero attached hydrogens (tertiary/aromatic N) is 2. The van der Waals surface area contributed by atoms with Gasteiger partial charge in [0.15, 0.2) is 5.82 Å². The zero-order valence-corrected chi connectivity index (χ0v) is 9.78. The molecule has 2 rings (SSSR count). The fourth-order valence-corrected chi connectivity index (χ4v) is 1.59. The topological polar surface area (TPSA) is 67.6 Å². The second-order valence-corrected chi connectivity index (χ2v) is 4.27. The Hall–Kier alpha value is -1.84. The molecule has 3 N–H and O–H groups in total. The number of hydrogen-bond donors (Lipinski definition) is 2. The van der Waals surface area contributed by atoms with Gasteiger partial charge in [0.05, 0.1) is 0 Å². The van der Waals surface area contributed by atoms with E-state index in [9.17, 15) is 0 Å². The van der Waals surface area contributed by atoms with Crippen molar-refractivity contribution >= 4 is 5.69 Å². The molecular weight excluding hydrogens is 200 g/mol. The molecule has 4 heteroatoms. The van der Waals surface area contributed by atoms with Crippen LogP contribution >= 0.6 is 0 Å². The van der Waals surface area contributed by atoms with Crippen LogP contribution in [0.15, 0.2) is 18.2 Å². The molecule has 1 aromatic carbocycles. The lowest BCUT2D eigenvalue weighted by Gasteiger charge is -2.02. The molecule has 4 nitrogen and oxygen atoms in total. The van der Waals surface area contributed by atoms with Crippen LogP contribution in [0, 0.1) is 6.92 Å². The summed E-state index contributed by atoms with van der Waals surface area (Å²) in [6.07, 6.45) is 0. The molecule has 0 unspecified atom stereocenters. The average molecular weight is 216 g/mol. The Labute approximate surface area is 94.9 Å². The van der Waals surface area contributed by atoms with E-state index in [1.165, 1.54) is 0 Å². The maximum absolute atomic E-state index is 5.71. The highest BCUT2D eigenvalue weighted by Crippen LogP contribution is 2.22. The van der Waals surface area contributed by atoms with Crippen molar-refractivity contribution in [3.8, 4) is 11.4 Å². The lowest BCUT2D eigenvalue weighted by Crippen LogP contribution is -1.91. The number of rotatable bonds is 2. The van der Waals surface area contributed by atoms with E-state index in [-0.39, 0.29) is 0 Å². The summed E-state index contributed by atoms with van der Waals surface area (Å²) < 4.78 is 0. The predicted molar refractivity (Wildman–Crippen MR) is 65.1 cm³/mol. The average Bonchev–Trinajstić information content (AvgIpc) is 2.66. The molecule has 2 aromatic rings. The summed E-state index contributed by atoms with van der Waals surface area (Å²) in [4.78, 5) is 4.46. The summed E-state index contributed by atoms with van der Waals surface area (Å²) in [6.45, 7) is 6.18. The van der Waals surface area contributed by atoms with Crippen LogP contribution in [0.5, 0.6) is 0 Å². The van der Waals surface area contributed by atoms with E-state index in [0.717, 1.165) is 28.5 Å². The van der Waals surface area contributed by atoms with Gasteiger partial charge in [-0.05, 0) is 30.7 Å². The number of hydrogen-bond acceptors (Lipinski definition) is 3. The molecule has 16 heavy (non-hydrogen) atoms. The highest BCUT2D eigenvalue weighted by molar-refractivity contribution is 5.63. The third-order valence-electron chi connectivity index (χ3n) is 2.54. The summed E-state index contributed by atoms with van der Waals surface area (Å²) >= 11 is 0. The number of nitrogens with one attached hydrogen (secondary N) is 1. The number of aromatic amines is 1. The maximum Gasteiger partial charge on any atom is 0.181 e. The molecule has 0 aliphatic rings. The highest BCUT2D eigenvalue weighted by atomic mass is 15.2. The first-order valence-corrected chi connectivity index (χ1v) is 5.36. The first-order chi connectivity index (χ1) is 7.58. The third kappa shape index (κ3) is 1.91. The van der Waals surface area contributed by atoms with Gasteiger partial charge in [0.2, 0.25) is 0 Å². The molecule has 0 fully saturated rings. The molecule has 0 bridgehead atoms. The molecule has 0 amide bonds. The van der Waals surface area contributed by atoms with Gasteiger partial charge >= 0.3 is 0 Å². The molecule has 0 radical (unpaired) electrons. The van der Waals surface area contributed by atoms with Gasteiger partial charge < -0.3 is 5.73 Å². The number of H-pyrrole nitrogens is 1. The van der Waals surface area contributed by atoms with E-state index in [4.69, 9.17) is 5.73 Å². The number of anilines is 1. The van der Waals surface area contributed by atoms with E-state index in [0.29, 0.717) is 5.92 Å². The highest BCUT2D eigenvalue weighted by Gasteiger charge is 2.10. The lowest BCUT2D eigenvalue weighted by molar-refractivity contribution is 0.781. The van der Waals surface area contributed by atoms with Crippen LogP contribution in [0.1, 0.15) is 31.2 Å². The van der Waals surface area contributed by atoms with Gasteiger partial charge in [0.25, 0.3) is 0 Å². The van der Waals surface area contributed by atoms with Gasteiger partial charge in [0, 0.05) is 17.2 Å². The molecule has 0 aliphatic carbocycles. The zero-order chi connectivity index (χ0) is 11.7. The van der Waals surface area contributed by atoms with E-state index < -0.39 is 0 Å². The van der Waals surface area contributed by atoms with Crippen LogP contribution in [0.4, 0.5) is 5.69 Å². The molecule has 0 spiro atoms. The van der Waals surface area contributed by atoms with Crippen molar-refractivity contribution in [1.82, 2.24) is 15.2 Å². The van der Waals surface area contributed by atoms with Crippen LogP contribution < -0.4 is 5.73 Å². The third-order valence-corrected chi connectivity index (χ3v) is 2.54. The minimum absolute atomic E-state index is 0.357. The quantitative estimate of drug-likeness (QED) is 0.758. The summed E-state index contributed by atoms with van der Waals surface area (Å²) in [6, 6.07) is 5.76. The SMILES string of the molecule is Cc1cc(N)ccc1-c1n[nH]c(C(C)C)n1. The molecule has 0 saturated carbocycles. The summed E-state index contributed by atoms with van der Waals surface area (Å²) in [5, 5.41) is 7.17. The Morgan fingerprint density at radius 2 is 2.06 bits per heavy atom. The van der Waals surface area contributed by atoms with Gasteiger partial charge in [-0.1, -0.05) is 13.8 Å². The van der Waals surface area contributed by atoms with E-state index in [1.54, 1.807) is 0 Å². The smallest absolute Gasteiger partial charge is 0.181 e. The second-order valence-electron chi connectivity index (χ2n) is 4.27. The van der Waals surface area contributed by atoms with Crippen molar-refractivity contribution < 1.29 is 0 Å². The van der Waals surface area contributed by atoms with Crippen molar-refractivity contribution in [3.63, 3.8) is 0 Å². The molecule has 1 aromatic heterocycles. The van der Waals surface area contributed by atoms with Crippen LogP contribution in [0.2, 0.25) is 0 Å². The van der Waals surface area contributed by atoms with Crippen LogP contribution in [-0.4, -0.2) is 15.2 Å². The van der Waals surface area contributed by atoms with Crippen molar-refractivity contribution in [3.05, 3.63) is 29.6 Å². The van der Waals surface area contributed by atoms with E-state index >= 15 is 0 Å². The Balaban J connectivity index is 2.42. The monoisotopic (exact) mass is 216 g/mol. The molecule has 0 aliphatic heterocycles. The molecule has 0 saturated heterocycles. The van der Waals surface area contributed by atoms with Crippen molar-refractivity contribution in [1.29, 1.82) is 0 Å². The van der Waals surface area contributed by atoms with Crippen molar-refractivity contribution in [2.24, 2.45) is 0 Å². The normalized spacial score (nSPS) is 11.0. The largest absolute Gasteiger partial charge is 0.399 e. The first kappa shape index (κ1) is 10.7. The second kappa shape index (κ2) is 3.96. The first-order valence-electron chi connectivity index (χ1n) is 5.36. The fraction of sp³-hybridized carbons (Fsp3) is 0.333. The van der Waals surface area contributed by atoms with Gasteiger partial charge in [-0.15, -0.1) is 0 Å². The Morgan fingerprint density at radius 3 is 2.62 bits per heavy atom. The summed E-state index contributed by atoms with van der Waals surface area (Å²) in [7, 11) is 0. The standard InChI is InChI=1S/C12H16N4/c1-7(2)11-14-12(16-15-11)10-5-4-9(13)6-8(10)3/h4-7H,13H2,1-3H3,(H,14,15,16). The minimum atomic E-state index is 0.357. The van der Waals surface area contributed by atoms with Crippen molar-refractivity contribution in [2.45, 2.75) is 26.7 Å².